The second kappa shape index (κ2) is 12.7. The quantitative estimate of drug-likeness (QED) is 0.415. The molecule has 1 fully saturated rings. The Bertz CT molecular complexity index is 453. The highest BCUT2D eigenvalue weighted by Crippen LogP contribution is 2.18. The minimum atomic E-state index is -0.239. The van der Waals surface area contributed by atoms with E-state index in [0.717, 1.165) is 25.7 Å². The molecule has 0 aromatic rings. The SMILES string of the molecule is CCCCCCCCC(=O)N(C)CC(=O)N1CCCC(C(=O)OCC)C1. The van der Waals surface area contributed by atoms with E-state index >= 15 is 0 Å². The number of piperidine rings is 1. The van der Waals surface area contributed by atoms with Crippen LogP contribution in [0.25, 0.3) is 0 Å². The zero-order valence-electron chi connectivity index (χ0n) is 16.8. The van der Waals surface area contributed by atoms with E-state index in [4.69, 9.17) is 4.74 Å². The van der Waals surface area contributed by atoms with Crippen molar-refractivity contribution in [1.29, 1.82) is 0 Å². The van der Waals surface area contributed by atoms with Crippen LogP contribution in [0.4, 0.5) is 0 Å². The normalized spacial score (nSPS) is 17.0. The number of carbonyl (C=O) groups excluding carboxylic acids is 3. The van der Waals surface area contributed by atoms with Gasteiger partial charge in [0.25, 0.3) is 0 Å². The highest BCUT2D eigenvalue weighted by molar-refractivity contribution is 5.85. The summed E-state index contributed by atoms with van der Waals surface area (Å²) in [5.41, 5.74) is 0. The van der Waals surface area contributed by atoms with Crippen molar-refractivity contribution in [2.45, 2.75) is 71.6 Å². The van der Waals surface area contributed by atoms with Crippen LogP contribution in [0.2, 0.25) is 0 Å². The maximum absolute atomic E-state index is 12.5. The minimum absolute atomic E-state index is 0.0211. The molecule has 1 atom stereocenters. The number of likely N-dealkylation sites (tertiary alicyclic amines) is 1. The number of nitrogens with zero attached hydrogens (tertiary/aromatic N) is 2. The Morgan fingerprint density at radius 2 is 1.77 bits per heavy atom. The number of amides is 2. The number of rotatable bonds is 11. The van der Waals surface area contributed by atoms with Crippen LogP contribution >= 0.6 is 0 Å². The fourth-order valence-corrected chi connectivity index (χ4v) is 3.29. The lowest BCUT2D eigenvalue weighted by Gasteiger charge is -2.32. The smallest absolute Gasteiger partial charge is 0.310 e. The molecule has 0 aromatic carbocycles. The second-order valence-corrected chi connectivity index (χ2v) is 7.20. The van der Waals surface area contributed by atoms with Gasteiger partial charge in [0.1, 0.15) is 0 Å². The standard InChI is InChI=1S/C20H36N2O4/c1-4-6-7-8-9-10-13-18(23)21(3)16-19(24)22-14-11-12-17(15-22)20(25)26-5-2/h17H,4-16H2,1-3H3. The molecule has 150 valence electrons. The molecule has 0 saturated carbocycles. The molecule has 0 N–H and O–H groups in total. The number of likely N-dealkylation sites (N-methyl/N-ethyl adjacent to an activating group) is 1. The zero-order valence-corrected chi connectivity index (χ0v) is 16.8. The zero-order chi connectivity index (χ0) is 19.4. The number of esters is 1. The van der Waals surface area contributed by atoms with Crippen LogP contribution in [0.3, 0.4) is 0 Å². The lowest BCUT2D eigenvalue weighted by Crippen LogP contribution is -2.47. The molecule has 1 unspecified atom stereocenters. The summed E-state index contributed by atoms with van der Waals surface area (Å²) in [5.74, 6) is -0.528. The molecule has 1 heterocycles. The van der Waals surface area contributed by atoms with Crippen molar-refractivity contribution in [1.82, 2.24) is 9.80 Å². The Hall–Kier alpha value is -1.59. The van der Waals surface area contributed by atoms with Crippen molar-refractivity contribution in [2.75, 3.05) is 33.3 Å². The molecular formula is C20H36N2O4. The molecule has 26 heavy (non-hydrogen) atoms. The Labute approximate surface area is 158 Å². The molecule has 6 heteroatoms. The topological polar surface area (TPSA) is 66.9 Å². The highest BCUT2D eigenvalue weighted by atomic mass is 16.5. The number of ether oxygens (including phenoxy) is 1. The van der Waals surface area contributed by atoms with E-state index in [1.54, 1.807) is 18.9 Å². The molecule has 1 rings (SSSR count). The molecule has 0 bridgehead atoms. The number of hydrogen-bond acceptors (Lipinski definition) is 4. The third-order valence-electron chi connectivity index (χ3n) is 4.94. The van der Waals surface area contributed by atoms with Crippen molar-refractivity contribution >= 4 is 17.8 Å². The summed E-state index contributed by atoms with van der Waals surface area (Å²) in [5, 5.41) is 0. The minimum Gasteiger partial charge on any atom is -0.466 e. The fraction of sp³-hybridized carbons (Fsp3) is 0.850. The number of hydrogen-bond donors (Lipinski definition) is 0. The summed E-state index contributed by atoms with van der Waals surface area (Å²) >= 11 is 0. The highest BCUT2D eigenvalue weighted by Gasteiger charge is 2.29. The van der Waals surface area contributed by atoms with Crippen molar-refractivity contribution in [2.24, 2.45) is 5.92 Å². The summed E-state index contributed by atoms with van der Waals surface area (Å²) in [6.07, 6.45) is 8.89. The third kappa shape index (κ3) is 8.19. The summed E-state index contributed by atoms with van der Waals surface area (Å²) in [7, 11) is 1.68. The summed E-state index contributed by atoms with van der Waals surface area (Å²) in [4.78, 5) is 39.8. The Kier molecular flexibility index (Phi) is 11.0. The molecular weight excluding hydrogens is 332 g/mol. The van der Waals surface area contributed by atoms with E-state index < -0.39 is 0 Å². The van der Waals surface area contributed by atoms with Gasteiger partial charge in [-0.3, -0.25) is 14.4 Å². The molecule has 1 aliphatic heterocycles. The van der Waals surface area contributed by atoms with Crippen molar-refractivity contribution in [3.05, 3.63) is 0 Å². The predicted octanol–water partition coefficient (Wildman–Crippen LogP) is 3.00. The Balaban J connectivity index is 2.31. The van der Waals surface area contributed by atoms with Gasteiger partial charge >= 0.3 is 5.97 Å². The molecule has 2 amide bonds. The van der Waals surface area contributed by atoms with Crippen molar-refractivity contribution in [3.8, 4) is 0 Å². The van der Waals surface area contributed by atoms with Gasteiger partial charge in [-0.2, -0.15) is 0 Å². The summed E-state index contributed by atoms with van der Waals surface area (Å²) in [6, 6.07) is 0. The van der Waals surface area contributed by atoms with Crippen LogP contribution < -0.4 is 0 Å². The first kappa shape index (κ1) is 22.5. The van der Waals surface area contributed by atoms with Gasteiger partial charge in [-0.05, 0) is 26.2 Å². The molecule has 1 saturated heterocycles. The van der Waals surface area contributed by atoms with Crippen molar-refractivity contribution in [3.63, 3.8) is 0 Å². The van der Waals surface area contributed by atoms with Crippen LogP contribution in [0, 0.1) is 5.92 Å². The first-order chi connectivity index (χ1) is 12.5. The predicted molar refractivity (Wildman–Crippen MR) is 102 cm³/mol. The maximum atomic E-state index is 12.5. The van der Waals surface area contributed by atoms with Crippen LogP contribution in [0.1, 0.15) is 71.6 Å². The van der Waals surface area contributed by atoms with E-state index in [-0.39, 0.29) is 30.2 Å². The molecule has 0 radical (unpaired) electrons. The summed E-state index contributed by atoms with van der Waals surface area (Å²) < 4.78 is 5.07. The second-order valence-electron chi connectivity index (χ2n) is 7.20. The van der Waals surface area contributed by atoms with Gasteiger partial charge < -0.3 is 14.5 Å². The Morgan fingerprint density at radius 3 is 2.46 bits per heavy atom. The largest absolute Gasteiger partial charge is 0.466 e. The van der Waals surface area contributed by atoms with Gasteiger partial charge in [0, 0.05) is 26.6 Å². The average Bonchev–Trinajstić information content (AvgIpc) is 2.64. The van der Waals surface area contributed by atoms with Crippen LogP contribution in [-0.4, -0.2) is 60.9 Å². The average molecular weight is 369 g/mol. The molecule has 0 aliphatic carbocycles. The van der Waals surface area contributed by atoms with Crippen LogP contribution in [-0.2, 0) is 19.1 Å². The first-order valence-corrected chi connectivity index (χ1v) is 10.2. The maximum Gasteiger partial charge on any atom is 0.310 e. The molecule has 0 aromatic heterocycles. The molecule has 6 nitrogen and oxygen atoms in total. The summed E-state index contributed by atoms with van der Waals surface area (Å²) in [6.45, 7) is 5.47. The van der Waals surface area contributed by atoms with Gasteiger partial charge in [-0.15, -0.1) is 0 Å². The molecule has 1 aliphatic rings. The number of carbonyl (C=O) groups is 3. The first-order valence-electron chi connectivity index (χ1n) is 10.2. The van der Waals surface area contributed by atoms with Gasteiger partial charge in [0.15, 0.2) is 0 Å². The van der Waals surface area contributed by atoms with E-state index in [9.17, 15) is 14.4 Å². The van der Waals surface area contributed by atoms with Gasteiger partial charge in [0.05, 0.1) is 19.1 Å². The monoisotopic (exact) mass is 368 g/mol. The van der Waals surface area contributed by atoms with Gasteiger partial charge in [-0.1, -0.05) is 39.0 Å². The van der Waals surface area contributed by atoms with Crippen LogP contribution in [0.15, 0.2) is 0 Å². The van der Waals surface area contributed by atoms with Gasteiger partial charge in [-0.25, -0.2) is 0 Å². The molecule has 0 spiro atoms. The fourth-order valence-electron chi connectivity index (χ4n) is 3.29. The number of unbranched alkanes of at least 4 members (excludes halogenated alkanes) is 5. The van der Waals surface area contributed by atoms with E-state index in [1.807, 2.05) is 0 Å². The lowest BCUT2D eigenvalue weighted by molar-refractivity contribution is -0.152. The van der Waals surface area contributed by atoms with Gasteiger partial charge in [0.2, 0.25) is 11.8 Å². The lowest BCUT2D eigenvalue weighted by atomic mass is 9.98. The van der Waals surface area contributed by atoms with E-state index in [0.29, 0.717) is 26.1 Å². The van der Waals surface area contributed by atoms with Crippen LogP contribution in [0.5, 0.6) is 0 Å². The Morgan fingerprint density at radius 1 is 1.08 bits per heavy atom. The van der Waals surface area contributed by atoms with Crippen molar-refractivity contribution < 1.29 is 19.1 Å². The van der Waals surface area contributed by atoms with E-state index in [2.05, 4.69) is 6.92 Å². The third-order valence-corrected chi connectivity index (χ3v) is 4.94. The van der Waals surface area contributed by atoms with E-state index in [1.165, 1.54) is 30.6 Å².